The Balaban J connectivity index is 1.55. The maximum atomic E-state index is 11.9. The molecule has 1 heterocycles. The predicted octanol–water partition coefficient (Wildman–Crippen LogP) is 2.64. The second-order valence-corrected chi connectivity index (χ2v) is 5.19. The standard InChI is InChI=1S/C15H19N3O/c19-15(10-17-12-3-1-2-4-12)18-13-5-6-14-11(9-13)7-8-16-14/h5-9,12,16-17H,1-4,10H2,(H,18,19). The molecule has 1 fully saturated rings. The number of nitrogens with one attached hydrogen (secondary N) is 3. The number of aromatic amines is 1. The molecule has 4 heteroatoms. The van der Waals surface area contributed by atoms with Crippen molar-refractivity contribution in [1.29, 1.82) is 0 Å². The lowest BCUT2D eigenvalue weighted by Gasteiger charge is -2.11. The van der Waals surface area contributed by atoms with Crippen molar-refractivity contribution in [3.63, 3.8) is 0 Å². The summed E-state index contributed by atoms with van der Waals surface area (Å²) in [4.78, 5) is 15.0. The Bertz CT molecular complexity index is 570. The molecule has 1 aromatic carbocycles. The molecule has 0 bridgehead atoms. The Kier molecular flexibility index (Phi) is 3.51. The maximum Gasteiger partial charge on any atom is 0.238 e. The summed E-state index contributed by atoms with van der Waals surface area (Å²) >= 11 is 0. The molecule has 3 N–H and O–H groups in total. The third-order valence-electron chi connectivity index (χ3n) is 3.74. The second-order valence-electron chi connectivity index (χ2n) is 5.19. The van der Waals surface area contributed by atoms with E-state index in [4.69, 9.17) is 0 Å². The van der Waals surface area contributed by atoms with Crippen molar-refractivity contribution in [2.75, 3.05) is 11.9 Å². The molecule has 0 unspecified atom stereocenters. The lowest BCUT2D eigenvalue weighted by molar-refractivity contribution is -0.115. The molecular formula is C15H19N3O. The fourth-order valence-corrected chi connectivity index (χ4v) is 2.70. The summed E-state index contributed by atoms with van der Waals surface area (Å²) in [7, 11) is 0. The molecule has 0 aliphatic heterocycles. The van der Waals surface area contributed by atoms with E-state index in [2.05, 4.69) is 15.6 Å². The van der Waals surface area contributed by atoms with Crippen LogP contribution in [0.2, 0.25) is 0 Å². The van der Waals surface area contributed by atoms with Crippen LogP contribution in [0, 0.1) is 0 Å². The molecular weight excluding hydrogens is 238 g/mol. The highest BCUT2D eigenvalue weighted by Crippen LogP contribution is 2.18. The molecule has 100 valence electrons. The zero-order chi connectivity index (χ0) is 13.1. The number of amides is 1. The summed E-state index contributed by atoms with van der Waals surface area (Å²) in [5, 5.41) is 7.36. The van der Waals surface area contributed by atoms with Gasteiger partial charge >= 0.3 is 0 Å². The summed E-state index contributed by atoms with van der Waals surface area (Å²) < 4.78 is 0. The quantitative estimate of drug-likeness (QED) is 0.788. The first-order valence-corrected chi connectivity index (χ1v) is 6.92. The van der Waals surface area contributed by atoms with Crippen molar-refractivity contribution in [3.8, 4) is 0 Å². The van der Waals surface area contributed by atoms with Crippen molar-refractivity contribution in [1.82, 2.24) is 10.3 Å². The van der Waals surface area contributed by atoms with Crippen LogP contribution in [-0.4, -0.2) is 23.5 Å². The van der Waals surface area contributed by atoms with E-state index in [0.717, 1.165) is 16.6 Å². The molecule has 1 saturated carbocycles. The SMILES string of the molecule is O=C(CNC1CCCC1)Nc1ccc2[nH]ccc2c1. The number of benzene rings is 1. The lowest BCUT2D eigenvalue weighted by atomic mass is 10.2. The highest BCUT2D eigenvalue weighted by molar-refractivity contribution is 5.94. The summed E-state index contributed by atoms with van der Waals surface area (Å²) in [5.74, 6) is 0.0294. The Morgan fingerprint density at radius 3 is 2.95 bits per heavy atom. The van der Waals surface area contributed by atoms with Gasteiger partial charge in [0.2, 0.25) is 5.91 Å². The predicted molar refractivity (Wildman–Crippen MR) is 77.2 cm³/mol. The van der Waals surface area contributed by atoms with Gasteiger partial charge in [-0.2, -0.15) is 0 Å². The maximum absolute atomic E-state index is 11.9. The van der Waals surface area contributed by atoms with Gasteiger partial charge in [0.05, 0.1) is 6.54 Å². The number of H-pyrrole nitrogens is 1. The van der Waals surface area contributed by atoms with Gasteiger partial charge in [0.1, 0.15) is 0 Å². The van der Waals surface area contributed by atoms with E-state index in [1.807, 2.05) is 30.5 Å². The number of hydrogen-bond acceptors (Lipinski definition) is 2. The monoisotopic (exact) mass is 257 g/mol. The topological polar surface area (TPSA) is 56.9 Å². The Labute approximate surface area is 112 Å². The van der Waals surface area contributed by atoms with Gasteiger partial charge in [0.25, 0.3) is 0 Å². The molecule has 2 aromatic rings. The minimum Gasteiger partial charge on any atom is -0.361 e. The zero-order valence-corrected chi connectivity index (χ0v) is 10.9. The first kappa shape index (κ1) is 12.2. The van der Waals surface area contributed by atoms with Gasteiger partial charge in [-0.25, -0.2) is 0 Å². The zero-order valence-electron chi connectivity index (χ0n) is 10.9. The van der Waals surface area contributed by atoms with E-state index in [1.54, 1.807) is 0 Å². The Morgan fingerprint density at radius 2 is 2.11 bits per heavy atom. The molecule has 19 heavy (non-hydrogen) atoms. The van der Waals surface area contributed by atoms with Crippen LogP contribution in [0.1, 0.15) is 25.7 Å². The number of anilines is 1. The van der Waals surface area contributed by atoms with Crippen molar-refractivity contribution in [2.24, 2.45) is 0 Å². The minimum absolute atomic E-state index is 0.0294. The number of hydrogen-bond donors (Lipinski definition) is 3. The van der Waals surface area contributed by atoms with E-state index < -0.39 is 0 Å². The molecule has 0 atom stereocenters. The van der Waals surface area contributed by atoms with E-state index in [-0.39, 0.29) is 5.91 Å². The summed E-state index contributed by atoms with van der Waals surface area (Å²) in [6.45, 7) is 0.399. The first-order valence-electron chi connectivity index (χ1n) is 6.92. The smallest absolute Gasteiger partial charge is 0.238 e. The van der Waals surface area contributed by atoms with Crippen LogP contribution in [0.5, 0.6) is 0 Å². The van der Waals surface area contributed by atoms with Gasteiger partial charge in [0, 0.05) is 28.8 Å². The number of carbonyl (C=O) groups excluding carboxylic acids is 1. The van der Waals surface area contributed by atoms with Crippen molar-refractivity contribution in [3.05, 3.63) is 30.5 Å². The third-order valence-corrected chi connectivity index (χ3v) is 3.74. The van der Waals surface area contributed by atoms with Crippen molar-refractivity contribution < 1.29 is 4.79 Å². The van der Waals surface area contributed by atoms with Gasteiger partial charge in [-0.15, -0.1) is 0 Å². The second kappa shape index (κ2) is 5.45. The van der Waals surface area contributed by atoms with Crippen LogP contribution in [-0.2, 0) is 4.79 Å². The average Bonchev–Trinajstić information content (AvgIpc) is 3.07. The van der Waals surface area contributed by atoms with Crippen molar-refractivity contribution in [2.45, 2.75) is 31.7 Å². The van der Waals surface area contributed by atoms with Gasteiger partial charge < -0.3 is 15.6 Å². The highest BCUT2D eigenvalue weighted by atomic mass is 16.1. The van der Waals surface area contributed by atoms with Crippen LogP contribution >= 0.6 is 0 Å². The Morgan fingerprint density at radius 1 is 1.26 bits per heavy atom. The molecule has 4 nitrogen and oxygen atoms in total. The average molecular weight is 257 g/mol. The largest absolute Gasteiger partial charge is 0.361 e. The molecule has 1 aliphatic carbocycles. The van der Waals surface area contributed by atoms with Crippen LogP contribution in [0.3, 0.4) is 0 Å². The third kappa shape index (κ3) is 2.96. The van der Waals surface area contributed by atoms with E-state index in [1.165, 1.54) is 25.7 Å². The van der Waals surface area contributed by atoms with Crippen LogP contribution in [0.15, 0.2) is 30.5 Å². The molecule has 0 saturated heterocycles. The van der Waals surface area contributed by atoms with Crippen LogP contribution in [0.25, 0.3) is 10.9 Å². The van der Waals surface area contributed by atoms with Crippen LogP contribution in [0.4, 0.5) is 5.69 Å². The molecule has 0 radical (unpaired) electrons. The van der Waals surface area contributed by atoms with Crippen molar-refractivity contribution >= 4 is 22.5 Å². The summed E-state index contributed by atoms with van der Waals surface area (Å²) in [6, 6.07) is 8.42. The highest BCUT2D eigenvalue weighted by Gasteiger charge is 2.15. The fraction of sp³-hybridized carbons (Fsp3) is 0.400. The molecule has 3 rings (SSSR count). The number of aromatic nitrogens is 1. The minimum atomic E-state index is 0.0294. The normalized spacial score (nSPS) is 16.0. The van der Waals surface area contributed by atoms with Gasteiger partial charge in [-0.05, 0) is 37.1 Å². The Hall–Kier alpha value is -1.81. The lowest BCUT2D eigenvalue weighted by Crippen LogP contribution is -2.34. The van der Waals surface area contributed by atoms with Gasteiger partial charge in [0.15, 0.2) is 0 Å². The molecule has 1 aliphatic rings. The number of rotatable bonds is 4. The summed E-state index contributed by atoms with van der Waals surface area (Å²) in [5.41, 5.74) is 1.94. The first-order chi connectivity index (χ1) is 9.31. The number of fused-ring (bicyclic) bond motifs is 1. The van der Waals surface area contributed by atoms with Gasteiger partial charge in [-0.3, -0.25) is 4.79 Å². The van der Waals surface area contributed by atoms with Gasteiger partial charge in [-0.1, -0.05) is 12.8 Å². The molecule has 0 spiro atoms. The van der Waals surface area contributed by atoms with Crippen LogP contribution < -0.4 is 10.6 Å². The van der Waals surface area contributed by atoms with E-state index in [0.29, 0.717) is 12.6 Å². The molecule has 1 aromatic heterocycles. The fourth-order valence-electron chi connectivity index (χ4n) is 2.70. The van der Waals surface area contributed by atoms with E-state index in [9.17, 15) is 4.79 Å². The van der Waals surface area contributed by atoms with E-state index >= 15 is 0 Å². The summed E-state index contributed by atoms with van der Waals surface area (Å²) in [6.07, 6.45) is 6.86. The molecule has 1 amide bonds. The number of carbonyl (C=O) groups is 1.